The van der Waals surface area contributed by atoms with Gasteiger partial charge in [0.2, 0.25) is 0 Å². The molecule has 214 valence electrons. The summed E-state index contributed by atoms with van der Waals surface area (Å²) in [6.45, 7) is 4.94. The molecule has 0 aliphatic carbocycles. The van der Waals surface area contributed by atoms with E-state index in [2.05, 4.69) is 134 Å². The molecule has 0 unspecified atom stereocenters. The Balaban J connectivity index is 1.13. The molecule has 1 aliphatic heterocycles. The third-order valence-electron chi connectivity index (χ3n) is 9.15. The van der Waals surface area contributed by atoms with Crippen molar-refractivity contribution < 1.29 is 0 Å². The molecule has 1 aromatic heterocycles. The Bertz CT molecular complexity index is 2090. The molecule has 8 rings (SSSR count). The normalized spacial score (nSPS) is 12.8. The van der Waals surface area contributed by atoms with Crippen LogP contribution in [0.4, 0.5) is 0 Å². The monoisotopic (exact) mass is 592 g/mol. The molecule has 2 nitrogen and oxygen atoms in total. The van der Waals surface area contributed by atoms with Gasteiger partial charge in [-0.1, -0.05) is 165 Å². The highest BCUT2D eigenvalue weighted by molar-refractivity contribution is 7.04. The molecule has 3 heteroatoms. The smallest absolute Gasteiger partial charge is 0.160 e. The zero-order valence-electron chi connectivity index (χ0n) is 25.4. The summed E-state index contributed by atoms with van der Waals surface area (Å²) >= 11 is 0. The Morgan fingerprint density at radius 1 is 0.378 bits per heavy atom. The Kier molecular flexibility index (Phi) is 6.62. The van der Waals surface area contributed by atoms with Gasteiger partial charge in [0.25, 0.3) is 0 Å². The van der Waals surface area contributed by atoms with Gasteiger partial charge in [0.15, 0.2) is 5.82 Å². The summed E-state index contributed by atoms with van der Waals surface area (Å²) in [5.41, 5.74) is 12.8. The number of hydrogen-bond acceptors (Lipinski definition) is 2. The van der Waals surface area contributed by atoms with Gasteiger partial charge >= 0.3 is 0 Å². The van der Waals surface area contributed by atoms with Crippen molar-refractivity contribution in [3.05, 3.63) is 158 Å². The highest BCUT2D eigenvalue weighted by Crippen LogP contribution is 2.37. The zero-order chi connectivity index (χ0) is 30.4. The van der Waals surface area contributed by atoms with E-state index >= 15 is 0 Å². The van der Waals surface area contributed by atoms with Crippen molar-refractivity contribution in [3.63, 3.8) is 0 Å². The van der Waals surface area contributed by atoms with Gasteiger partial charge in [0.1, 0.15) is 8.07 Å². The molecule has 6 aromatic carbocycles. The molecule has 0 bridgehead atoms. The first-order chi connectivity index (χ1) is 22.1. The predicted molar refractivity (Wildman–Crippen MR) is 191 cm³/mol. The van der Waals surface area contributed by atoms with E-state index in [-0.39, 0.29) is 0 Å². The van der Waals surface area contributed by atoms with Crippen molar-refractivity contribution >= 4 is 18.4 Å². The summed E-state index contributed by atoms with van der Waals surface area (Å²) in [5.74, 6) is 0.724. The molecule has 0 fully saturated rings. The fourth-order valence-electron chi connectivity index (χ4n) is 6.74. The minimum atomic E-state index is -1.70. The van der Waals surface area contributed by atoms with Crippen LogP contribution in [0.3, 0.4) is 0 Å². The number of rotatable bonds is 5. The van der Waals surface area contributed by atoms with E-state index in [4.69, 9.17) is 9.97 Å². The molecule has 0 amide bonds. The topological polar surface area (TPSA) is 25.8 Å². The highest BCUT2D eigenvalue weighted by Gasteiger charge is 2.38. The van der Waals surface area contributed by atoms with E-state index in [1.54, 1.807) is 5.19 Å². The molecule has 0 radical (unpaired) electrons. The summed E-state index contributed by atoms with van der Waals surface area (Å²) < 4.78 is 0. The first-order valence-electron chi connectivity index (χ1n) is 15.5. The Morgan fingerprint density at radius 2 is 0.844 bits per heavy atom. The number of fused-ring (bicyclic) bond motifs is 3. The zero-order valence-corrected chi connectivity index (χ0v) is 26.4. The number of aromatic nitrogens is 2. The number of hydrogen-bond donors (Lipinski definition) is 0. The van der Waals surface area contributed by atoms with Crippen LogP contribution < -0.4 is 10.4 Å². The van der Waals surface area contributed by atoms with Gasteiger partial charge in [0, 0.05) is 16.7 Å². The third-order valence-corrected chi connectivity index (χ3v) is 12.7. The Morgan fingerprint density at radius 3 is 1.44 bits per heavy atom. The van der Waals surface area contributed by atoms with E-state index in [0.29, 0.717) is 0 Å². The van der Waals surface area contributed by atoms with Crippen LogP contribution >= 0.6 is 0 Å². The summed E-state index contributed by atoms with van der Waals surface area (Å²) in [7, 11) is -1.70. The van der Waals surface area contributed by atoms with E-state index in [1.165, 1.54) is 38.6 Å². The van der Waals surface area contributed by atoms with Gasteiger partial charge in [0.05, 0.1) is 11.4 Å². The molecule has 0 N–H and O–H groups in total. The van der Waals surface area contributed by atoms with Crippen molar-refractivity contribution in [2.24, 2.45) is 0 Å². The first-order valence-corrected chi connectivity index (χ1v) is 18.5. The van der Waals surface area contributed by atoms with E-state index in [9.17, 15) is 0 Å². The van der Waals surface area contributed by atoms with Crippen LogP contribution in [0.2, 0.25) is 13.1 Å². The molecule has 45 heavy (non-hydrogen) atoms. The molecule has 0 spiro atoms. The molecule has 7 aromatic rings. The maximum atomic E-state index is 4.99. The second-order valence-electron chi connectivity index (χ2n) is 12.2. The largest absolute Gasteiger partial charge is 0.228 e. The second kappa shape index (κ2) is 11.0. The lowest BCUT2D eigenvalue weighted by molar-refractivity contribution is 1.18. The van der Waals surface area contributed by atoms with Gasteiger partial charge in [-0.2, -0.15) is 0 Å². The third kappa shape index (κ3) is 4.82. The lowest BCUT2D eigenvalue weighted by Gasteiger charge is -2.19. The van der Waals surface area contributed by atoms with Crippen LogP contribution in [0.25, 0.3) is 67.3 Å². The molecule has 0 saturated carbocycles. The van der Waals surface area contributed by atoms with Gasteiger partial charge in [-0.3, -0.25) is 0 Å². The molecular weight excluding hydrogens is 561 g/mol. The van der Waals surface area contributed by atoms with Crippen LogP contribution in [0, 0.1) is 0 Å². The maximum Gasteiger partial charge on any atom is 0.160 e. The number of nitrogens with zero attached hydrogens (tertiary/aromatic N) is 2. The molecule has 2 heterocycles. The van der Waals surface area contributed by atoms with Crippen LogP contribution in [0.1, 0.15) is 0 Å². The van der Waals surface area contributed by atoms with Gasteiger partial charge in [-0.15, -0.1) is 0 Å². The average Bonchev–Trinajstić information content (AvgIpc) is 3.35. The fraction of sp³-hybridized carbons (Fsp3) is 0.0476. The minimum absolute atomic E-state index is 0.724. The van der Waals surface area contributed by atoms with Gasteiger partial charge < -0.3 is 0 Å². The van der Waals surface area contributed by atoms with E-state index < -0.39 is 8.07 Å². The van der Waals surface area contributed by atoms with Crippen LogP contribution in [-0.4, -0.2) is 18.0 Å². The Hall–Kier alpha value is -5.38. The second-order valence-corrected chi connectivity index (χ2v) is 16.6. The summed E-state index contributed by atoms with van der Waals surface area (Å²) in [5, 5.41) is 3.08. The van der Waals surface area contributed by atoms with Crippen molar-refractivity contribution in [1.82, 2.24) is 9.97 Å². The van der Waals surface area contributed by atoms with Crippen molar-refractivity contribution in [3.8, 4) is 67.3 Å². The summed E-state index contributed by atoms with van der Waals surface area (Å²) in [4.78, 5) is 9.99. The van der Waals surface area contributed by atoms with Crippen molar-refractivity contribution in [1.29, 1.82) is 0 Å². The number of benzene rings is 6. The highest BCUT2D eigenvalue weighted by atomic mass is 28.3. The first kappa shape index (κ1) is 27.2. The van der Waals surface area contributed by atoms with E-state index in [0.717, 1.165) is 33.9 Å². The van der Waals surface area contributed by atoms with Crippen LogP contribution in [-0.2, 0) is 0 Å². The molecular formula is C42H32N2Si. The molecule has 1 aliphatic rings. The van der Waals surface area contributed by atoms with Gasteiger partial charge in [-0.05, 0) is 49.8 Å². The van der Waals surface area contributed by atoms with Gasteiger partial charge in [-0.25, -0.2) is 9.97 Å². The van der Waals surface area contributed by atoms with Crippen LogP contribution in [0.5, 0.6) is 0 Å². The van der Waals surface area contributed by atoms with Crippen molar-refractivity contribution in [2.45, 2.75) is 13.1 Å². The lowest BCUT2D eigenvalue weighted by Crippen LogP contribution is -2.49. The molecule has 0 saturated heterocycles. The summed E-state index contributed by atoms with van der Waals surface area (Å²) in [6, 6.07) is 56.2. The van der Waals surface area contributed by atoms with Crippen LogP contribution in [0.15, 0.2) is 158 Å². The molecule has 0 atom stereocenters. The fourth-order valence-corrected chi connectivity index (χ4v) is 9.83. The lowest BCUT2D eigenvalue weighted by atomic mass is 9.93. The van der Waals surface area contributed by atoms with Crippen molar-refractivity contribution in [2.75, 3.05) is 0 Å². The SMILES string of the molecule is C[Si]1(C)c2ccccc2-c2c(-c3ccc(-c4ccc(-c5nc(-c6ccccc6)cc(-c6ccccc6)n5)cc4)cc3)cccc21. The quantitative estimate of drug-likeness (QED) is 0.186. The van der Waals surface area contributed by atoms with E-state index in [1.807, 2.05) is 36.4 Å². The standard InChI is InChI=1S/C42H32N2Si/c1-45(2)39-18-10-9-16-36(39)41-35(17-11-19-40(41)45)31-24-20-29(21-25-31)30-22-26-34(27-23-30)42-43-37(32-12-5-3-6-13-32)28-38(44-42)33-14-7-4-8-15-33/h3-28H,1-2H3. The maximum absolute atomic E-state index is 4.99. The average molecular weight is 593 g/mol. The Labute approximate surface area is 265 Å². The minimum Gasteiger partial charge on any atom is -0.228 e. The predicted octanol–water partition coefficient (Wildman–Crippen LogP) is 9.61. The summed E-state index contributed by atoms with van der Waals surface area (Å²) in [6.07, 6.45) is 0.